The van der Waals surface area contributed by atoms with E-state index in [-0.39, 0.29) is 17.7 Å². The van der Waals surface area contributed by atoms with Gasteiger partial charge in [-0.15, -0.1) is 0 Å². The molecule has 2 aromatic carbocycles. The van der Waals surface area contributed by atoms with Gasteiger partial charge in [0.2, 0.25) is 11.7 Å². The first-order valence-corrected chi connectivity index (χ1v) is 9.00. The van der Waals surface area contributed by atoms with E-state index in [4.69, 9.17) is 14.2 Å². The van der Waals surface area contributed by atoms with Gasteiger partial charge in [-0.05, 0) is 49.6 Å². The predicted molar refractivity (Wildman–Crippen MR) is 107 cm³/mol. The van der Waals surface area contributed by atoms with Gasteiger partial charge >= 0.3 is 0 Å². The van der Waals surface area contributed by atoms with Gasteiger partial charge in [0.25, 0.3) is 5.91 Å². The van der Waals surface area contributed by atoms with Gasteiger partial charge in [-0.2, -0.15) is 0 Å². The number of carbonyl (C=O) groups is 2. The van der Waals surface area contributed by atoms with E-state index in [9.17, 15) is 9.59 Å². The second-order valence-electron chi connectivity index (χ2n) is 6.61. The normalized spacial score (nSPS) is 12.9. The van der Waals surface area contributed by atoms with Crippen molar-refractivity contribution in [2.75, 3.05) is 32.0 Å². The van der Waals surface area contributed by atoms with Crippen LogP contribution in [0.15, 0.2) is 30.3 Å². The number of hydrogen-bond donors (Lipinski definition) is 2. The van der Waals surface area contributed by atoms with Crippen LogP contribution in [-0.4, -0.2) is 33.1 Å². The zero-order valence-electron chi connectivity index (χ0n) is 16.4. The van der Waals surface area contributed by atoms with Crippen LogP contribution in [0.5, 0.6) is 17.2 Å². The molecular weight excluding hydrogens is 360 g/mol. The number of amides is 2. The second-order valence-corrected chi connectivity index (χ2v) is 6.61. The number of carbonyl (C=O) groups excluding carboxylic acids is 2. The highest BCUT2D eigenvalue weighted by atomic mass is 16.5. The molecule has 0 bridgehead atoms. The minimum absolute atomic E-state index is 0.0243. The lowest BCUT2D eigenvalue weighted by atomic mass is 10.1. The van der Waals surface area contributed by atoms with Crippen molar-refractivity contribution in [2.45, 2.75) is 19.8 Å². The van der Waals surface area contributed by atoms with E-state index in [0.717, 1.165) is 18.4 Å². The third-order valence-electron chi connectivity index (χ3n) is 4.71. The van der Waals surface area contributed by atoms with E-state index in [2.05, 4.69) is 10.6 Å². The summed E-state index contributed by atoms with van der Waals surface area (Å²) in [6.45, 7) is 1.85. The lowest BCUT2D eigenvalue weighted by Crippen LogP contribution is -2.16. The zero-order chi connectivity index (χ0) is 20.3. The van der Waals surface area contributed by atoms with Gasteiger partial charge in [-0.25, -0.2) is 0 Å². The van der Waals surface area contributed by atoms with Gasteiger partial charge in [0, 0.05) is 22.9 Å². The number of hydrogen-bond acceptors (Lipinski definition) is 5. The van der Waals surface area contributed by atoms with Crippen LogP contribution in [0.2, 0.25) is 0 Å². The molecule has 1 fully saturated rings. The topological polar surface area (TPSA) is 85.9 Å². The van der Waals surface area contributed by atoms with E-state index >= 15 is 0 Å². The summed E-state index contributed by atoms with van der Waals surface area (Å²) in [5.74, 6) is 1.02. The minimum atomic E-state index is -0.326. The van der Waals surface area contributed by atoms with Gasteiger partial charge in [-0.3, -0.25) is 9.59 Å². The van der Waals surface area contributed by atoms with Crippen molar-refractivity contribution in [3.8, 4) is 17.2 Å². The molecule has 1 aliphatic rings. The standard InChI is InChI=1S/C21H24N2O5/c1-12-15(22-20(24)13-8-9-13)6-5-7-16(12)23-21(25)14-10-17(26-2)19(28-4)18(11-14)27-3/h5-7,10-11,13H,8-9H2,1-4H3,(H,22,24)(H,23,25). The number of rotatable bonds is 7. The largest absolute Gasteiger partial charge is 0.493 e. The Labute approximate surface area is 164 Å². The first-order chi connectivity index (χ1) is 13.5. The molecule has 0 spiro atoms. The van der Waals surface area contributed by atoms with Gasteiger partial charge in [-0.1, -0.05) is 6.07 Å². The molecule has 7 nitrogen and oxygen atoms in total. The van der Waals surface area contributed by atoms with Crippen LogP contribution < -0.4 is 24.8 Å². The highest BCUT2D eigenvalue weighted by molar-refractivity contribution is 6.06. The third-order valence-corrected chi connectivity index (χ3v) is 4.71. The van der Waals surface area contributed by atoms with Crippen LogP contribution in [0.3, 0.4) is 0 Å². The van der Waals surface area contributed by atoms with Crippen LogP contribution in [0.25, 0.3) is 0 Å². The maximum atomic E-state index is 12.8. The third kappa shape index (κ3) is 4.03. The summed E-state index contributed by atoms with van der Waals surface area (Å²) in [4.78, 5) is 24.8. The summed E-state index contributed by atoms with van der Waals surface area (Å²) in [6, 6.07) is 8.58. The van der Waals surface area contributed by atoms with E-state index in [0.29, 0.717) is 34.2 Å². The Hall–Kier alpha value is -3.22. The van der Waals surface area contributed by atoms with Crippen LogP contribution in [-0.2, 0) is 4.79 Å². The Morgan fingerprint density at radius 3 is 2.00 bits per heavy atom. The number of methoxy groups -OCH3 is 3. The molecule has 0 atom stereocenters. The maximum Gasteiger partial charge on any atom is 0.255 e. The molecule has 1 aliphatic carbocycles. The lowest BCUT2D eigenvalue weighted by molar-refractivity contribution is -0.117. The Bertz CT molecular complexity index is 881. The maximum absolute atomic E-state index is 12.8. The predicted octanol–water partition coefficient (Wildman–Crippen LogP) is 3.62. The average molecular weight is 384 g/mol. The Morgan fingerprint density at radius 2 is 1.50 bits per heavy atom. The van der Waals surface area contributed by atoms with Crippen molar-refractivity contribution >= 4 is 23.2 Å². The van der Waals surface area contributed by atoms with E-state index in [1.54, 1.807) is 24.3 Å². The minimum Gasteiger partial charge on any atom is -0.493 e. The molecule has 0 aromatic heterocycles. The highest BCUT2D eigenvalue weighted by Crippen LogP contribution is 2.38. The van der Waals surface area contributed by atoms with Gasteiger partial charge in [0.1, 0.15) is 0 Å². The fourth-order valence-electron chi connectivity index (χ4n) is 2.89. The first-order valence-electron chi connectivity index (χ1n) is 9.00. The zero-order valence-corrected chi connectivity index (χ0v) is 16.4. The summed E-state index contributed by atoms with van der Waals surface area (Å²) in [6.07, 6.45) is 1.87. The number of ether oxygens (including phenoxy) is 3. The van der Waals surface area contributed by atoms with E-state index in [1.165, 1.54) is 21.3 Å². The van der Waals surface area contributed by atoms with Crippen molar-refractivity contribution in [1.82, 2.24) is 0 Å². The Morgan fingerprint density at radius 1 is 0.929 bits per heavy atom. The molecule has 2 N–H and O–H groups in total. The van der Waals surface area contributed by atoms with Crippen LogP contribution in [0.4, 0.5) is 11.4 Å². The molecule has 0 radical (unpaired) electrons. The Balaban J connectivity index is 1.84. The molecule has 3 rings (SSSR count). The fraction of sp³-hybridized carbons (Fsp3) is 0.333. The number of benzene rings is 2. The van der Waals surface area contributed by atoms with Crippen molar-refractivity contribution < 1.29 is 23.8 Å². The molecule has 0 unspecified atom stereocenters. The van der Waals surface area contributed by atoms with Crippen LogP contribution in [0, 0.1) is 12.8 Å². The first kappa shape index (κ1) is 19.5. The summed E-state index contributed by atoms with van der Waals surface area (Å²) >= 11 is 0. The lowest BCUT2D eigenvalue weighted by Gasteiger charge is -2.16. The molecule has 148 valence electrons. The molecule has 28 heavy (non-hydrogen) atoms. The molecule has 0 aliphatic heterocycles. The van der Waals surface area contributed by atoms with Crippen LogP contribution in [0.1, 0.15) is 28.8 Å². The SMILES string of the molecule is COc1cc(C(=O)Nc2cccc(NC(=O)C3CC3)c2C)cc(OC)c1OC. The average Bonchev–Trinajstić information content (AvgIpc) is 3.55. The van der Waals surface area contributed by atoms with E-state index in [1.807, 2.05) is 13.0 Å². The number of anilines is 2. The molecule has 7 heteroatoms. The van der Waals surface area contributed by atoms with Crippen molar-refractivity contribution in [3.63, 3.8) is 0 Å². The van der Waals surface area contributed by atoms with Gasteiger partial charge in [0.05, 0.1) is 21.3 Å². The molecule has 0 heterocycles. The molecule has 2 aromatic rings. The smallest absolute Gasteiger partial charge is 0.255 e. The second kappa shape index (κ2) is 8.21. The molecule has 1 saturated carbocycles. The molecular formula is C21H24N2O5. The fourth-order valence-corrected chi connectivity index (χ4v) is 2.89. The summed E-state index contributed by atoms with van der Waals surface area (Å²) in [7, 11) is 4.50. The van der Waals surface area contributed by atoms with Crippen molar-refractivity contribution in [3.05, 3.63) is 41.5 Å². The summed E-state index contributed by atoms with van der Waals surface area (Å²) in [5, 5.41) is 5.81. The summed E-state index contributed by atoms with van der Waals surface area (Å²) < 4.78 is 15.9. The summed E-state index contributed by atoms with van der Waals surface area (Å²) in [5.41, 5.74) is 2.46. The van der Waals surface area contributed by atoms with Crippen LogP contribution >= 0.6 is 0 Å². The Kier molecular flexibility index (Phi) is 5.73. The number of nitrogens with one attached hydrogen (secondary N) is 2. The molecule has 0 saturated heterocycles. The highest BCUT2D eigenvalue weighted by Gasteiger charge is 2.30. The van der Waals surface area contributed by atoms with Crippen molar-refractivity contribution in [2.24, 2.45) is 5.92 Å². The quantitative estimate of drug-likeness (QED) is 0.761. The van der Waals surface area contributed by atoms with E-state index < -0.39 is 0 Å². The molecule has 2 amide bonds. The monoisotopic (exact) mass is 384 g/mol. The van der Waals surface area contributed by atoms with Gasteiger partial charge in [0.15, 0.2) is 11.5 Å². The van der Waals surface area contributed by atoms with Gasteiger partial charge < -0.3 is 24.8 Å². The van der Waals surface area contributed by atoms with Crippen molar-refractivity contribution in [1.29, 1.82) is 0 Å².